The summed E-state index contributed by atoms with van der Waals surface area (Å²) in [6, 6.07) is 20.0. The first-order valence-corrected chi connectivity index (χ1v) is 12.4. The van der Waals surface area contributed by atoms with E-state index < -0.39 is 12.0 Å². The molecule has 0 saturated heterocycles. The van der Waals surface area contributed by atoms with E-state index in [1.165, 1.54) is 0 Å². The number of ether oxygens (including phenoxy) is 3. The van der Waals surface area contributed by atoms with Crippen molar-refractivity contribution in [3.05, 3.63) is 89.6 Å². The summed E-state index contributed by atoms with van der Waals surface area (Å²) in [4.78, 5) is 29.9. The van der Waals surface area contributed by atoms with Crippen LogP contribution < -0.4 is 14.8 Å². The number of rotatable bonds is 8. The van der Waals surface area contributed by atoms with Crippen LogP contribution in [0, 0.1) is 0 Å². The van der Waals surface area contributed by atoms with Crippen molar-refractivity contribution in [3.63, 3.8) is 0 Å². The number of carbonyl (C=O) groups excluding carboxylic acids is 2. The molecule has 5 rings (SSSR count). The van der Waals surface area contributed by atoms with Gasteiger partial charge in [0.25, 0.3) is 5.91 Å². The Morgan fingerprint density at radius 2 is 1.71 bits per heavy atom. The standard InChI is InChI=1S/C30H31N3O5/c1-32-18-23(20-9-7-8-12-25(20)32)28-27(29(34)31-24-17-19(37-3)13-14-26(24)38-4)21-10-5-6-11-22(21)30(35)33(28)15-16-36-2/h5-14,17-18,27-28H,15-16H2,1-4H3,(H,31,34). The predicted molar refractivity (Wildman–Crippen MR) is 146 cm³/mol. The number of nitrogens with one attached hydrogen (secondary N) is 1. The van der Waals surface area contributed by atoms with Crippen LogP contribution in [-0.4, -0.2) is 55.8 Å². The summed E-state index contributed by atoms with van der Waals surface area (Å²) in [7, 11) is 6.70. The van der Waals surface area contributed by atoms with Gasteiger partial charge in [0.2, 0.25) is 5.91 Å². The minimum atomic E-state index is -0.692. The third-order valence-electron chi connectivity index (χ3n) is 7.17. The van der Waals surface area contributed by atoms with Gasteiger partial charge in [-0.15, -0.1) is 0 Å². The summed E-state index contributed by atoms with van der Waals surface area (Å²) in [5.41, 5.74) is 3.61. The summed E-state index contributed by atoms with van der Waals surface area (Å²) >= 11 is 0. The maximum atomic E-state index is 14.3. The lowest BCUT2D eigenvalue weighted by atomic mass is 9.79. The number of aryl methyl sites for hydroxylation is 1. The van der Waals surface area contributed by atoms with E-state index in [9.17, 15) is 9.59 Å². The van der Waals surface area contributed by atoms with Crippen molar-refractivity contribution in [2.75, 3.05) is 39.8 Å². The minimum Gasteiger partial charge on any atom is -0.497 e. The van der Waals surface area contributed by atoms with Gasteiger partial charge in [0.1, 0.15) is 11.5 Å². The molecular formula is C30H31N3O5. The normalized spacial score (nSPS) is 16.8. The van der Waals surface area contributed by atoms with E-state index in [-0.39, 0.29) is 11.8 Å². The summed E-state index contributed by atoms with van der Waals surface area (Å²) in [6.07, 6.45) is 2.02. The molecule has 2 heterocycles. The molecule has 38 heavy (non-hydrogen) atoms. The van der Waals surface area contributed by atoms with Crippen LogP contribution in [0.4, 0.5) is 5.69 Å². The molecule has 2 unspecified atom stereocenters. The van der Waals surface area contributed by atoms with Gasteiger partial charge in [0, 0.05) is 55.0 Å². The van der Waals surface area contributed by atoms with Crippen LogP contribution in [0.2, 0.25) is 0 Å². The quantitative estimate of drug-likeness (QED) is 0.367. The maximum absolute atomic E-state index is 14.3. The Kier molecular flexibility index (Phi) is 7.07. The second-order valence-electron chi connectivity index (χ2n) is 9.27. The number of para-hydroxylation sites is 1. The molecule has 3 aromatic carbocycles. The summed E-state index contributed by atoms with van der Waals surface area (Å²) in [6.45, 7) is 0.678. The zero-order valence-corrected chi connectivity index (χ0v) is 21.9. The van der Waals surface area contributed by atoms with E-state index in [2.05, 4.69) is 5.32 Å². The number of nitrogens with zero attached hydrogens (tertiary/aromatic N) is 2. The molecule has 1 N–H and O–H groups in total. The van der Waals surface area contributed by atoms with Gasteiger partial charge >= 0.3 is 0 Å². The van der Waals surface area contributed by atoms with E-state index in [0.29, 0.717) is 41.5 Å². The third-order valence-corrected chi connectivity index (χ3v) is 7.17. The van der Waals surface area contributed by atoms with Gasteiger partial charge in [-0.05, 0) is 29.8 Å². The summed E-state index contributed by atoms with van der Waals surface area (Å²) in [5, 5.41) is 4.06. The van der Waals surface area contributed by atoms with Crippen LogP contribution in [-0.2, 0) is 16.6 Å². The van der Waals surface area contributed by atoms with Crippen molar-refractivity contribution in [3.8, 4) is 11.5 Å². The molecule has 1 aliphatic heterocycles. The fourth-order valence-electron chi connectivity index (χ4n) is 5.39. The molecule has 0 saturated carbocycles. The fourth-order valence-corrected chi connectivity index (χ4v) is 5.39. The highest BCUT2D eigenvalue weighted by Gasteiger charge is 2.45. The van der Waals surface area contributed by atoms with Gasteiger partial charge in [0.05, 0.1) is 38.5 Å². The monoisotopic (exact) mass is 513 g/mol. The van der Waals surface area contributed by atoms with Gasteiger partial charge in [-0.1, -0.05) is 36.4 Å². The molecule has 0 bridgehead atoms. The largest absolute Gasteiger partial charge is 0.497 e. The second kappa shape index (κ2) is 10.6. The average molecular weight is 514 g/mol. The van der Waals surface area contributed by atoms with Crippen LogP contribution in [0.15, 0.2) is 72.9 Å². The van der Waals surface area contributed by atoms with Crippen molar-refractivity contribution < 1.29 is 23.8 Å². The Hall–Kier alpha value is -4.30. The van der Waals surface area contributed by atoms with E-state index in [4.69, 9.17) is 14.2 Å². The maximum Gasteiger partial charge on any atom is 0.254 e. The fraction of sp³-hybridized carbons (Fsp3) is 0.267. The zero-order valence-electron chi connectivity index (χ0n) is 21.9. The number of amides is 2. The molecule has 196 valence electrons. The van der Waals surface area contributed by atoms with Gasteiger partial charge in [-0.2, -0.15) is 0 Å². The van der Waals surface area contributed by atoms with Crippen molar-refractivity contribution in [1.82, 2.24) is 9.47 Å². The number of hydrogen-bond acceptors (Lipinski definition) is 5. The van der Waals surface area contributed by atoms with Crippen LogP contribution in [0.1, 0.15) is 33.4 Å². The number of hydrogen-bond donors (Lipinski definition) is 1. The average Bonchev–Trinajstić information content (AvgIpc) is 3.28. The predicted octanol–water partition coefficient (Wildman–Crippen LogP) is 4.76. The van der Waals surface area contributed by atoms with Crippen molar-refractivity contribution in [2.24, 2.45) is 7.05 Å². The molecule has 8 nitrogen and oxygen atoms in total. The number of aromatic nitrogens is 1. The van der Waals surface area contributed by atoms with Crippen LogP contribution >= 0.6 is 0 Å². The molecule has 1 aliphatic rings. The number of carbonyl (C=O) groups is 2. The van der Waals surface area contributed by atoms with Crippen LogP contribution in [0.5, 0.6) is 11.5 Å². The first-order valence-electron chi connectivity index (χ1n) is 12.4. The lowest BCUT2D eigenvalue weighted by Gasteiger charge is -2.41. The Morgan fingerprint density at radius 1 is 0.947 bits per heavy atom. The smallest absolute Gasteiger partial charge is 0.254 e. The lowest BCUT2D eigenvalue weighted by Crippen LogP contribution is -2.47. The summed E-state index contributed by atoms with van der Waals surface area (Å²) < 4.78 is 18.3. The molecular weight excluding hydrogens is 482 g/mol. The molecule has 0 spiro atoms. The highest BCUT2D eigenvalue weighted by molar-refractivity contribution is 6.05. The SMILES string of the molecule is COCCN1C(=O)c2ccccc2C(C(=O)Nc2cc(OC)ccc2OC)C1c1cn(C)c2ccccc12. The first-order chi connectivity index (χ1) is 18.5. The molecule has 2 amide bonds. The number of methoxy groups -OCH3 is 3. The van der Waals surface area contributed by atoms with Crippen molar-refractivity contribution in [1.29, 1.82) is 0 Å². The third kappa shape index (κ3) is 4.37. The Bertz CT molecular complexity index is 1490. The molecule has 0 aliphatic carbocycles. The highest BCUT2D eigenvalue weighted by atomic mass is 16.5. The van der Waals surface area contributed by atoms with Crippen LogP contribution in [0.3, 0.4) is 0 Å². The second-order valence-corrected chi connectivity index (χ2v) is 9.27. The lowest BCUT2D eigenvalue weighted by molar-refractivity contribution is -0.119. The van der Waals surface area contributed by atoms with Gasteiger partial charge < -0.3 is 29.0 Å². The summed E-state index contributed by atoms with van der Waals surface area (Å²) in [5.74, 6) is 0.0304. The van der Waals surface area contributed by atoms with Gasteiger partial charge in [0.15, 0.2) is 0 Å². The molecule has 0 fully saturated rings. The molecule has 1 aromatic heterocycles. The molecule has 0 radical (unpaired) electrons. The van der Waals surface area contributed by atoms with Crippen molar-refractivity contribution >= 4 is 28.4 Å². The molecule has 8 heteroatoms. The Balaban J connectivity index is 1.69. The Morgan fingerprint density at radius 3 is 2.47 bits per heavy atom. The Labute approximate surface area is 221 Å². The first kappa shape index (κ1) is 25.4. The number of fused-ring (bicyclic) bond motifs is 2. The van der Waals surface area contributed by atoms with Gasteiger partial charge in [-0.3, -0.25) is 9.59 Å². The van der Waals surface area contributed by atoms with Crippen LogP contribution in [0.25, 0.3) is 10.9 Å². The van der Waals surface area contributed by atoms with Crippen molar-refractivity contribution in [2.45, 2.75) is 12.0 Å². The topological polar surface area (TPSA) is 82.0 Å². The van der Waals surface area contributed by atoms with E-state index >= 15 is 0 Å². The zero-order chi connectivity index (χ0) is 26.8. The molecule has 2 atom stereocenters. The number of benzene rings is 3. The van der Waals surface area contributed by atoms with Gasteiger partial charge in [-0.25, -0.2) is 0 Å². The molecule has 4 aromatic rings. The van der Waals surface area contributed by atoms with E-state index in [1.807, 2.05) is 60.3 Å². The minimum absolute atomic E-state index is 0.126. The number of anilines is 1. The highest BCUT2D eigenvalue weighted by Crippen LogP contribution is 2.46. The van der Waals surface area contributed by atoms with E-state index in [0.717, 1.165) is 16.5 Å². The van der Waals surface area contributed by atoms with E-state index in [1.54, 1.807) is 50.5 Å².